The summed E-state index contributed by atoms with van der Waals surface area (Å²) in [6, 6.07) is 19.3. The lowest BCUT2D eigenvalue weighted by Gasteiger charge is -2.34. The SMILES string of the molecule is COc1ccc2ccccc2c1CN1CCN(C/C=C/c2ccc([N+](=O)[O-])cc2)CC1. The third kappa shape index (κ3) is 5.10. The van der Waals surface area contributed by atoms with E-state index in [0.29, 0.717) is 0 Å². The zero-order chi connectivity index (χ0) is 21.6. The van der Waals surface area contributed by atoms with Crippen LogP contribution in [-0.2, 0) is 6.54 Å². The van der Waals surface area contributed by atoms with Crippen LogP contribution in [0.2, 0.25) is 0 Å². The molecule has 0 amide bonds. The van der Waals surface area contributed by atoms with Crippen LogP contribution >= 0.6 is 0 Å². The summed E-state index contributed by atoms with van der Waals surface area (Å²) in [5.74, 6) is 0.951. The van der Waals surface area contributed by atoms with Gasteiger partial charge in [-0.2, -0.15) is 0 Å². The van der Waals surface area contributed by atoms with Crippen LogP contribution in [0, 0.1) is 10.1 Å². The van der Waals surface area contributed by atoms with Gasteiger partial charge >= 0.3 is 0 Å². The predicted octanol–water partition coefficient (Wildman–Crippen LogP) is 4.59. The fraction of sp³-hybridized carbons (Fsp3) is 0.280. The van der Waals surface area contributed by atoms with E-state index < -0.39 is 0 Å². The Morgan fingerprint density at radius 2 is 1.68 bits per heavy atom. The van der Waals surface area contributed by atoms with E-state index in [1.54, 1.807) is 31.4 Å². The van der Waals surface area contributed by atoms with Gasteiger partial charge in [-0.3, -0.25) is 19.9 Å². The van der Waals surface area contributed by atoms with E-state index in [9.17, 15) is 10.1 Å². The molecule has 160 valence electrons. The first-order valence-electron chi connectivity index (χ1n) is 10.5. The minimum Gasteiger partial charge on any atom is -0.496 e. The maximum absolute atomic E-state index is 10.7. The third-order valence-electron chi connectivity index (χ3n) is 5.84. The highest BCUT2D eigenvalue weighted by Crippen LogP contribution is 2.29. The first-order chi connectivity index (χ1) is 15.1. The van der Waals surface area contributed by atoms with E-state index in [2.05, 4.69) is 52.3 Å². The van der Waals surface area contributed by atoms with Crippen molar-refractivity contribution in [2.75, 3.05) is 39.8 Å². The summed E-state index contributed by atoms with van der Waals surface area (Å²) < 4.78 is 5.65. The van der Waals surface area contributed by atoms with E-state index in [4.69, 9.17) is 4.74 Å². The Balaban J connectivity index is 1.32. The second-order valence-corrected chi connectivity index (χ2v) is 7.80. The monoisotopic (exact) mass is 417 g/mol. The molecule has 1 aliphatic heterocycles. The molecule has 0 spiro atoms. The number of fused-ring (bicyclic) bond motifs is 1. The minimum atomic E-state index is -0.374. The topological polar surface area (TPSA) is 58.8 Å². The number of methoxy groups -OCH3 is 1. The lowest BCUT2D eigenvalue weighted by molar-refractivity contribution is -0.384. The molecule has 0 aromatic heterocycles. The molecule has 6 heteroatoms. The molecule has 1 heterocycles. The Hall–Kier alpha value is -3.22. The fourth-order valence-corrected chi connectivity index (χ4v) is 4.07. The highest BCUT2D eigenvalue weighted by molar-refractivity contribution is 5.87. The van der Waals surface area contributed by atoms with Gasteiger partial charge in [0.15, 0.2) is 0 Å². The molecule has 31 heavy (non-hydrogen) atoms. The van der Waals surface area contributed by atoms with Gasteiger partial charge in [0.05, 0.1) is 12.0 Å². The number of non-ortho nitro benzene ring substituents is 1. The molecule has 3 aromatic rings. The first kappa shape index (κ1) is 21.0. The summed E-state index contributed by atoms with van der Waals surface area (Å²) in [5.41, 5.74) is 2.36. The molecule has 1 aliphatic rings. The second-order valence-electron chi connectivity index (χ2n) is 7.80. The summed E-state index contributed by atoms with van der Waals surface area (Å²) in [4.78, 5) is 15.3. The molecule has 1 fully saturated rings. The number of nitro benzene ring substituents is 1. The lowest BCUT2D eigenvalue weighted by atomic mass is 10.0. The molecular formula is C25H27N3O3. The normalized spacial score (nSPS) is 15.5. The van der Waals surface area contributed by atoms with Crippen LogP contribution in [0.5, 0.6) is 5.75 Å². The van der Waals surface area contributed by atoms with E-state index in [1.807, 2.05) is 6.08 Å². The van der Waals surface area contributed by atoms with Crippen molar-refractivity contribution in [1.82, 2.24) is 9.80 Å². The maximum Gasteiger partial charge on any atom is 0.269 e. The highest BCUT2D eigenvalue weighted by atomic mass is 16.6. The largest absolute Gasteiger partial charge is 0.496 e. The van der Waals surface area contributed by atoms with Gasteiger partial charge in [-0.15, -0.1) is 0 Å². The van der Waals surface area contributed by atoms with Crippen molar-refractivity contribution in [3.63, 3.8) is 0 Å². The van der Waals surface area contributed by atoms with Crippen molar-refractivity contribution in [2.24, 2.45) is 0 Å². The molecule has 0 aliphatic carbocycles. The minimum absolute atomic E-state index is 0.121. The average Bonchev–Trinajstić information content (AvgIpc) is 2.81. The molecule has 0 saturated carbocycles. The van der Waals surface area contributed by atoms with E-state index in [1.165, 1.54) is 16.3 Å². The summed E-state index contributed by atoms with van der Waals surface area (Å²) in [6.45, 7) is 5.81. The van der Waals surface area contributed by atoms with Gasteiger partial charge in [0, 0.05) is 57.0 Å². The van der Waals surface area contributed by atoms with Crippen LogP contribution < -0.4 is 4.74 Å². The summed E-state index contributed by atoms with van der Waals surface area (Å²) in [7, 11) is 1.74. The smallest absolute Gasteiger partial charge is 0.269 e. The predicted molar refractivity (Wildman–Crippen MR) is 124 cm³/mol. The Kier molecular flexibility index (Phi) is 6.60. The molecule has 3 aromatic carbocycles. The standard InChI is InChI=1S/C25H27N3O3/c1-31-25-13-10-21-6-2-3-7-23(21)24(25)19-27-17-15-26(16-18-27)14-4-5-20-8-11-22(12-9-20)28(29)30/h2-13H,14-19H2,1H3/b5-4+. The maximum atomic E-state index is 10.7. The van der Waals surface area contributed by atoms with Crippen LogP contribution in [-0.4, -0.2) is 54.6 Å². The number of nitrogens with zero attached hydrogens (tertiary/aromatic N) is 3. The Labute approximate surface area is 182 Å². The molecular weight excluding hydrogens is 390 g/mol. The van der Waals surface area contributed by atoms with Gasteiger partial charge in [0.25, 0.3) is 5.69 Å². The Morgan fingerprint density at radius 1 is 0.968 bits per heavy atom. The van der Waals surface area contributed by atoms with Crippen molar-refractivity contribution >= 4 is 22.5 Å². The van der Waals surface area contributed by atoms with Gasteiger partial charge in [-0.1, -0.05) is 42.5 Å². The zero-order valence-electron chi connectivity index (χ0n) is 17.7. The van der Waals surface area contributed by atoms with Gasteiger partial charge < -0.3 is 4.74 Å². The van der Waals surface area contributed by atoms with Gasteiger partial charge in [0.2, 0.25) is 0 Å². The van der Waals surface area contributed by atoms with Crippen molar-refractivity contribution < 1.29 is 9.66 Å². The molecule has 0 atom stereocenters. The van der Waals surface area contributed by atoms with Gasteiger partial charge in [-0.25, -0.2) is 0 Å². The number of hydrogen-bond donors (Lipinski definition) is 0. The molecule has 0 N–H and O–H groups in total. The lowest BCUT2D eigenvalue weighted by Crippen LogP contribution is -2.45. The number of rotatable bonds is 7. The summed E-state index contributed by atoms with van der Waals surface area (Å²) in [6.07, 6.45) is 4.15. The van der Waals surface area contributed by atoms with E-state index in [-0.39, 0.29) is 10.6 Å². The first-order valence-corrected chi connectivity index (χ1v) is 10.5. The van der Waals surface area contributed by atoms with Crippen molar-refractivity contribution in [3.8, 4) is 5.75 Å². The van der Waals surface area contributed by atoms with Crippen molar-refractivity contribution in [2.45, 2.75) is 6.54 Å². The number of ether oxygens (including phenoxy) is 1. The van der Waals surface area contributed by atoms with Crippen LogP contribution in [0.1, 0.15) is 11.1 Å². The van der Waals surface area contributed by atoms with Crippen LogP contribution in [0.3, 0.4) is 0 Å². The Bertz CT molecular complexity index is 1070. The molecule has 0 bridgehead atoms. The zero-order valence-corrected chi connectivity index (χ0v) is 17.7. The third-order valence-corrected chi connectivity index (χ3v) is 5.84. The number of benzene rings is 3. The van der Waals surface area contributed by atoms with E-state index in [0.717, 1.165) is 50.6 Å². The van der Waals surface area contributed by atoms with E-state index >= 15 is 0 Å². The number of nitro groups is 1. The summed E-state index contributed by atoms with van der Waals surface area (Å²) in [5, 5.41) is 13.2. The quantitative estimate of drug-likeness (QED) is 0.416. The Morgan fingerprint density at radius 3 is 2.39 bits per heavy atom. The number of piperazine rings is 1. The second kappa shape index (κ2) is 9.73. The molecule has 6 nitrogen and oxygen atoms in total. The van der Waals surface area contributed by atoms with Crippen LogP contribution in [0.25, 0.3) is 16.8 Å². The molecule has 0 radical (unpaired) electrons. The van der Waals surface area contributed by atoms with Crippen LogP contribution in [0.15, 0.2) is 66.7 Å². The van der Waals surface area contributed by atoms with Gasteiger partial charge in [0.1, 0.15) is 5.75 Å². The average molecular weight is 418 g/mol. The van der Waals surface area contributed by atoms with Crippen molar-refractivity contribution in [1.29, 1.82) is 0 Å². The number of hydrogen-bond acceptors (Lipinski definition) is 5. The molecule has 4 rings (SSSR count). The molecule has 0 unspecified atom stereocenters. The molecule has 1 saturated heterocycles. The highest BCUT2D eigenvalue weighted by Gasteiger charge is 2.18. The summed E-state index contributed by atoms with van der Waals surface area (Å²) >= 11 is 0. The van der Waals surface area contributed by atoms with Gasteiger partial charge in [-0.05, 0) is 34.5 Å². The fourth-order valence-electron chi connectivity index (χ4n) is 4.07. The van der Waals surface area contributed by atoms with Crippen molar-refractivity contribution in [3.05, 3.63) is 88.0 Å². The van der Waals surface area contributed by atoms with Crippen LogP contribution in [0.4, 0.5) is 5.69 Å².